The fraction of sp³-hybridized carbons (Fsp3) is 1.00. The van der Waals surface area contributed by atoms with Crippen LogP contribution in [0.15, 0.2) is 0 Å². The molecule has 0 bridgehead atoms. The number of hydrogen-bond donors (Lipinski definition) is 6. The topological polar surface area (TPSA) is 168 Å². The Hall–Kier alpha value is 0.180. The van der Waals surface area contributed by atoms with Crippen molar-refractivity contribution in [2.45, 2.75) is 38.7 Å². The highest BCUT2D eigenvalue weighted by atomic mass is 31.2. The van der Waals surface area contributed by atoms with Gasteiger partial charge in [-0.15, -0.1) is 0 Å². The summed E-state index contributed by atoms with van der Waals surface area (Å²) in [5.74, 6) is 0. The first-order valence-corrected chi connectivity index (χ1v) is 8.10. The second-order valence-corrected chi connectivity index (χ2v) is 5.92. The number of phosphoric acid groups is 2. The van der Waals surface area contributed by atoms with Gasteiger partial charge in [0.05, 0.1) is 12.2 Å². The molecule has 1 heterocycles. The van der Waals surface area contributed by atoms with Crippen molar-refractivity contribution in [1.29, 1.82) is 0 Å². The first kappa shape index (κ1) is 20.5. The van der Waals surface area contributed by atoms with E-state index in [0.29, 0.717) is 5.60 Å². The van der Waals surface area contributed by atoms with Gasteiger partial charge in [-0.05, 0) is 13.3 Å². The van der Waals surface area contributed by atoms with Gasteiger partial charge < -0.3 is 34.1 Å². The summed E-state index contributed by atoms with van der Waals surface area (Å²) >= 11 is 0. The Kier molecular flexibility index (Phi) is 9.53. The van der Waals surface area contributed by atoms with E-state index in [-0.39, 0.29) is 0 Å². The van der Waals surface area contributed by atoms with Crippen LogP contribution in [0.4, 0.5) is 0 Å². The molecule has 9 nitrogen and oxygen atoms in total. The van der Waals surface area contributed by atoms with Gasteiger partial charge in [0.15, 0.2) is 0 Å². The van der Waals surface area contributed by atoms with Gasteiger partial charge in [0, 0.05) is 0 Å². The second-order valence-electron chi connectivity index (χ2n) is 3.87. The third-order valence-electron chi connectivity index (χ3n) is 1.70. The van der Waals surface area contributed by atoms with E-state index in [2.05, 4.69) is 13.8 Å². The minimum Gasteiger partial charge on any atom is -0.370 e. The zero-order chi connectivity index (χ0) is 15.0. The lowest BCUT2D eigenvalue weighted by Gasteiger charge is -1.99. The van der Waals surface area contributed by atoms with Gasteiger partial charge >= 0.3 is 15.6 Å². The summed E-state index contributed by atoms with van der Waals surface area (Å²) < 4.78 is 23.0. The molecule has 0 aromatic heterocycles. The van der Waals surface area contributed by atoms with Gasteiger partial charge in [-0.3, -0.25) is 0 Å². The van der Waals surface area contributed by atoms with Gasteiger partial charge in [-0.1, -0.05) is 19.8 Å². The summed E-state index contributed by atoms with van der Waals surface area (Å²) in [6.45, 7) is 5.39. The molecule has 0 radical (unpaired) electrons. The smallest absolute Gasteiger partial charge is 0.370 e. The van der Waals surface area contributed by atoms with Crippen molar-refractivity contribution in [3.8, 4) is 0 Å². The van der Waals surface area contributed by atoms with Crippen molar-refractivity contribution in [3.05, 3.63) is 0 Å². The van der Waals surface area contributed by atoms with E-state index in [4.69, 9.17) is 43.2 Å². The molecule has 1 aliphatic rings. The molecular weight excluding hydrogens is 290 g/mol. The average Bonchev–Trinajstić information content (AvgIpc) is 2.75. The highest BCUT2D eigenvalue weighted by molar-refractivity contribution is 7.45. The molecule has 1 unspecified atom stereocenters. The molecule has 1 atom stereocenters. The van der Waals surface area contributed by atoms with Gasteiger partial charge in [0.25, 0.3) is 0 Å². The molecule has 112 valence electrons. The summed E-state index contributed by atoms with van der Waals surface area (Å²) in [5, 5.41) is 0. The van der Waals surface area contributed by atoms with E-state index in [9.17, 15) is 0 Å². The number of unbranched alkanes of at least 4 members (excludes halogenated alkanes) is 1. The molecule has 0 aromatic rings. The number of epoxide rings is 1. The standard InChI is InChI=1S/C7H14O.2H3O4P/c1-3-4-5-7(2)6-8-7;2*1-5(2,3)4/h3-6H2,1-2H3;2*(H3,1,2,3,4). The maximum atomic E-state index is 8.88. The van der Waals surface area contributed by atoms with Crippen LogP contribution < -0.4 is 0 Å². The number of rotatable bonds is 3. The second kappa shape index (κ2) is 8.37. The Morgan fingerprint density at radius 3 is 1.50 bits per heavy atom. The summed E-state index contributed by atoms with van der Waals surface area (Å²) in [4.78, 5) is 43.1. The molecule has 1 rings (SSSR count). The highest BCUT2D eigenvalue weighted by Crippen LogP contribution is 2.31. The van der Waals surface area contributed by atoms with Crippen LogP contribution in [0.5, 0.6) is 0 Å². The summed E-state index contributed by atoms with van der Waals surface area (Å²) in [5.41, 5.74) is 0.302. The van der Waals surface area contributed by atoms with Gasteiger partial charge in [-0.2, -0.15) is 0 Å². The van der Waals surface area contributed by atoms with E-state index in [1.54, 1.807) is 0 Å². The molecule has 0 saturated carbocycles. The quantitative estimate of drug-likeness (QED) is 0.313. The van der Waals surface area contributed by atoms with Crippen molar-refractivity contribution in [3.63, 3.8) is 0 Å². The molecule has 0 aliphatic carbocycles. The zero-order valence-electron chi connectivity index (χ0n) is 10.1. The molecule has 0 spiro atoms. The Bertz CT molecular complexity index is 266. The van der Waals surface area contributed by atoms with Crippen LogP contribution in [-0.4, -0.2) is 41.6 Å². The van der Waals surface area contributed by atoms with Crippen LogP contribution in [0.2, 0.25) is 0 Å². The molecule has 11 heteroatoms. The maximum Gasteiger partial charge on any atom is 0.466 e. The number of ether oxygens (including phenoxy) is 1. The van der Waals surface area contributed by atoms with Crippen LogP contribution in [0.1, 0.15) is 33.1 Å². The third kappa shape index (κ3) is 36.0. The molecule has 0 aromatic carbocycles. The van der Waals surface area contributed by atoms with Crippen LogP contribution in [0, 0.1) is 0 Å². The lowest BCUT2D eigenvalue weighted by atomic mass is 10.1. The van der Waals surface area contributed by atoms with E-state index >= 15 is 0 Å². The Morgan fingerprint density at radius 1 is 1.06 bits per heavy atom. The SMILES string of the molecule is CCCCC1(C)CO1.O=P(O)(O)O.O=P(O)(O)O. The van der Waals surface area contributed by atoms with Gasteiger partial charge in [-0.25, -0.2) is 9.13 Å². The van der Waals surface area contributed by atoms with Crippen molar-refractivity contribution in [2.24, 2.45) is 0 Å². The fourth-order valence-electron chi connectivity index (χ4n) is 0.818. The van der Waals surface area contributed by atoms with Gasteiger partial charge in [0.1, 0.15) is 0 Å². The fourth-order valence-corrected chi connectivity index (χ4v) is 0.818. The van der Waals surface area contributed by atoms with Crippen LogP contribution in [0.3, 0.4) is 0 Å². The molecular formula is C7H20O9P2. The number of hydrogen-bond acceptors (Lipinski definition) is 3. The normalized spacial score (nSPS) is 22.2. The molecule has 0 amide bonds. The predicted molar refractivity (Wildman–Crippen MR) is 62.4 cm³/mol. The summed E-state index contributed by atoms with van der Waals surface area (Å²) in [6, 6.07) is 0. The molecule has 6 N–H and O–H groups in total. The van der Waals surface area contributed by atoms with Crippen molar-refractivity contribution < 1.29 is 43.2 Å². The van der Waals surface area contributed by atoms with E-state index in [0.717, 1.165) is 6.61 Å². The average molecular weight is 310 g/mol. The first-order valence-electron chi connectivity index (χ1n) is 4.97. The summed E-state index contributed by atoms with van der Waals surface area (Å²) in [6.07, 6.45) is 3.86. The van der Waals surface area contributed by atoms with Crippen molar-refractivity contribution in [2.75, 3.05) is 6.61 Å². The van der Waals surface area contributed by atoms with E-state index in [1.165, 1.54) is 19.3 Å². The Balaban J connectivity index is 0. The zero-order valence-corrected chi connectivity index (χ0v) is 11.9. The van der Waals surface area contributed by atoms with Crippen molar-refractivity contribution in [1.82, 2.24) is 0 Å². The van der Waals surface area contributed by atoms with Crippen molar-refractivity contribution >= 4 is 15.6 Å². The van der Waals surface area contributed by atoms with Crippen LogP contribution in [0.25, 0.3) is 0 Å². The minimum atomic E-state index is -4.64. The third-order valence-corrected chi connectivity index (χ3v) is 1.70. The molecule has 1 fully saturated rings. The van der Waals surface area contributed by atoms with E-state index in [1.807, 2.05) is 0 Å². The lowest BCUT2D eigenvalue weighted by Crippen LogP contribution is -2.02. The maximum absolute atomic E-state index is 8.88. The largest absolute Gasteiger partial charge is 0.466 e. The Labute approximate surface area is 105 Å². The minimum absolute atomic E-state index is 0.302. The van der Waals surface area contributed by atoms with E-state index < -0.39 is 15.6 Å². The van der Waals surface area contributed by atoms with Gasteiger partial charge in [0.2, 0.25) is 0 Å². The monoisotopic (exact) mass is 310 g/mol. The highest BCUT2D eigenvalue weighted by Gasteiger charge is 2.37. The molecule has 1 aliphatic heterocycles. The Morgan fingerprint density at radius 2 is 1.33 bits per heavy atom. The first-order chi connectivity index (χ1) is 7.77. The van der Waals surface area contributed by atoms with Crippen LogP contribution in [-0.2, 0) is 13.9 Å². The summed E-state index contributed by atoms with van der Waals surface area (Å²) in [7, 11) is -9.28. The molecule has 18 heavy (non-hydrogen) atoms. The van der Waals surface area contributed by atoms with Crippen LogP contribution >= 0.6 is 15.6 Å². The lowest BCUT2D eigenvalue weighted by molar-refractivity contribution is 0.272. The predicted octanol–water partition coefficient (Wildman–Crippen LogP) is 0.108. The molecule has 1 saturated heterocycles.